The summed E-state index contributed by atoms with van der Waals surface area (Å²) in [6.45, 7) is 1.87. The highest BCUT2D eigenvalue weighted by Crippen LogP contribution is 2.15. The fourth-order valence-corrected chi connectivity index (χ4v) is 1.25. The maximum absolute atomic E-state index is 11.3. The standard InChI is InChI=1S/C11H14N2O4/c1-2-17-11(15)9(14)7-3-5-8(6-4-7)10(12)13-16/h3-6,9,14,16H,2H2,1H3,(H2,12,13)/t9-/m1/s1. The predicted molar refractivity (Wildman–Crippen MR) is 60.5 cm³/mol. The molecule has 0 bridgehead atoms. The van der Waals surface area contributed by atoms with E-state index in [0.717, 1.165) is 0 Å². The van der Waals surface area contributed by atoms with Gasteiger partial charge in [-0.05, 0) is 12.5 Å². The van der Waals surface area contributed by atoms with Crippen molar-refractivity contribution in [2.75, 3.05) is 6.61 Å². The van der Waals surface area contributed by atoms with Gasteiger partial charge in [-0.15, -0.1) is 0 Å². The first-order chi connectivity index (χ1) is 8.10. The zero-order chi connectivity index (χ0) is 12.8. The Balaban J connectivity index is 2.84. The molecule has 92 valence electrons. The van der Waals surface area contributed by atoms with E-state index in [1.165, 1.54) is 24.3 Å². The molecule has 0 spiro atoms. The minimum Gasteiger partial charge on any atom is -0.464 e. The largest absolute Gasteiger partial charge is 0.464 e. The number of ether oxygens (including phenoxy) is 1. The summed E-state index contributed by atoms with van der Waals surface area (Å²) >= 11 is 0. The minimum absolute atomic E-state index is 0.0397. The third kappa shape index (κ3) is 3.18. The average molecular weight is 238 g/mol. The monoisotopic (exact) mass is 238 g/mol. The number of hydrogen-bond acceptors (Lipinski definition) is 5. The maximum atomic E-state index is 11.3. The van der Waals surface area contributed by atoms with Gasteiger partial charge in [0.05, 0.1) is 6.61 Å². The molecule has 6 heteroatoms. The van der Waals surface area contributed by atoms with Crippen LogP contribution in [-0.4, -0.2) is 28.7 Å². The Labute approximate surface area is 98.3 Å². The van der Waals surface area contributed by atoms with Crippen LogP contribution in [0.3, 0.4) is 0 Å². The van der Waals surface area contributed by atoms with Crippen molar-refractivity contribution in [3.8, 4) is 0 Å². The van der Waals surface area contributed by atoms with Gasteiger partial charge in [-0.3, -0.25) is 0 Å². The lowest BCUT2D eigenvalue weighted by atomic mass is 10.1. The summed E-state index contributed by atoms with van der Waals surface area (Å²) in [7, 11) is 0. The van der Waals surface area contributed by atoms with E-state index in [4.69, 9.17) is 10.9 Å². The summed E-state index contributed by atoms with van der Waals surface area (Å²) in [5.74, 6) is -0.744. The Hall–Kier alpha value is -2.08. The second kappa shape index (κ2) is 5.86. The van der Waals surface area contributed by atoms with E-state index in [9.17, 15) is 9.90 Å². The van der Waals surface area contributed by atoms with Gasteiger partial charge in [0.2, 0.25) is 0 Å². The third-order valence-corrected chi connectivity index (χ3v) is 2.14. The lowest BCUT2D eigenvalue weighted by molar-refractivity contribution is -0.153. The molecule has 0 radical (unpaired) electrons. The highest BCUT2D eigenvalue weighted by Gasteiger charge is 2.18. The number of nitrogens with zero attached hydrogens (tertiary/aromatic N) is 1. The van der Waals surface area contributed by atoms with Crippen molar-refractivity contribution < 1.29 is 19.8 Å². The lowest BCUT2D eigenvalue weighted by Crippen LogP contribution is -2.16. The van der Waals surface area contributed by atoms with Gasteiger partial charge in [-0.2, -0.15) is 0 Å². The van der Waals surface area contributed by atoms with Crippen molar-refractivity contribution in [3.05, 3.63) is 35.4 Å². The van der Waals surface area contributed by atoms with Crippen molar-refractivity contribution in [1.29, 1.82) is 0 Å². The first kappa shape index (κ1) is 13.0. The Morgan fingerprint density at radius 2 is 2.06 bits per heavy atom. The van der Waals surface area contributed by atoms with Crippen molar-refractivity contribution in [3.63, 3.8) is 0 Å². The van der Waals surface area contributed by atoms with Crippen LogP contribution in [0.25, 0.3) is 0 Å². The zero-order valence-corrected chi connectivity index (χ0v) is 9.33. The van der Waals surface area contributed by atoms with E-state index in [2.05, 4.69) is 9.89 Å². The molecule has 0 aliphatic heterocycles. The fourth-order valence-electron chi connectivity index (χ4n) is 1.25. The minimum atomic E-state index is -1.32. The molecular weight excluding hydrogens is 224 g/mol. The molecule has 0 aliphatic rings. The topological polar surface area (TPSA) is 105 Å². The molecule has 1 aromatic rings. The molecule has 4 N–H and O–H groups in total. The van der Waals surface area contributed by atoms with Crippen LogP contribution in [0.2, 0.25) is 0 Å². The van der Waals surface area contributed by atoms with E-state index in [1.807, 2.05) is 0 Å². The first-order valence-corrected chi connectivity index (χ1v) is 5.02. The van der Waals surface area contributed by atoms with Crippen molar-refractivity contribution in [2.24, 2.45) is 10.9 Å². The van der Waals surface area contributed by atoms with Crippen LogP contribution in [0.15, 0.2) is 29.4 Å². The summed E-state index contributed by atoms with van der Waals surface area (Å²) in [4.78, 5) is 11.3. The van der Waals surface area contributed by atoms with Gasteiger partial charge in [0.15, 0.2) is 11.9 Å². The molecule has 0 fully saturated rings. The molecule has 0 saturated carbocycles. The summed E-state index contributed by atoms with van der Waals surface area (Å²) < 4.78 is 4.68. The Bertz CT molecular complexity index is 414. The highest BCUT2D eigenvalue weighted by molar-refractivity contribution is 5.97. The SMILES string of the molecule is CCOC(=O)[C@H](O)c1ccc(C(N)=NO)cc1. The summed E-state index contributed by atoms with van der Waals surface area (Å²) in [5.41, 5.74) is 6.25. The Morgan fingerprint density at radius 1 is 1.47 bits per heavy atom. The number of amidine groups is 1. The van der Waals surface area contributed by atoms with Gasteiger partial charge < -0.3 is 20.8 Å². The second-order valence-corrected chi connectivity index (χ2v) is 3.26. The molecule has 1 atom stereocenters. The molecule has 0 amide bonds. The molecule has 0 aromatic heterocycles. The number of aliphatic hydroxyl groups is 1. The molecule has 17 heavy (non-hydrogen) atoms. The number of carbonyl (C=O) groups excluding carboxylic acids is 1. The summed E-state index contributed by atoms with van der Waals surface area (Å²) in [5, 5.41) is 20.9. The molecule has 0 saturated heterocycles. The first-order valence-electron chi connectivity index (χ1n) is 5.02. The van der Waals surface area contributed by atoms with Crippen LogP contribution in [0.1, 0.15) is 24.2 Å². The molecule has 0 unspecified atom stereocenters. The van der Waals surface area contributed by atoms with Gasteiger partial charge in [-0.1, -0.05) is 29.4 Å². The number of benzene rings is 1. The Kier molecular flexibility index (Phi) is 4.47. The Morgan fingerprint density at radius 3 is 2.53 bits per heavy atom. The van der Waals surface area contributed by atoms with Crippen LogP contribution in [0.5, 0.6) is 0 Å². The molecular formula is C11H14N2O4. The number of esters is 1. The molecule has 0 aliphatic carbocycles. The van der Waals surface area contributed by atoms with Crippen molar-refractivity contribution >= 4 is 11.8 Å². The summed E-state index contributed by atoms with van der Waals surface area (Å²) in [6, 6.07) is 6.09. The number of oxime groups is 1. The summed E-state index contributed by atoms with van der Waals surface area (Å²) in [6.07, 6.45) is -1.32. The number of aliphatic hydroxyl groups excluding tert-OH is 1. The molecule has 1 rings (SSSR count). The zero-order valence-electron chi connectivity index (χ0n) is 9.33. The fraction of sp³-hybridized carbons (Fsp3) is 0.273. The highest BCUT2D eigenvalue weighted by atomic mass is 16.5. The van der Waals surface area contributed by atoms with Crippen LogP contribution < -0.4 is 5.73 Å². The third-order valence-electron chi connectivity index (χ3n) is 2.14. The van der Waals surface area contributed by atoms with E-state index in [1.54, 1.807) is 6.92 Å². The van der Waals surface area contributed by atoms with E-state index in [-0.39, 0.29) is 12.4 Å². The quantitative estimate of drug-likeness (QED) is 0.231. The smallest absolute Gasteiger partial charge is 0.339 e. The van der Waals surface area contributed by atoms with Crippen molar-refractivity contribution in [1.82, 2.24) is 0 Å². The van der Waals surface area contributed by atoms with Crippen LogP contribution in [0, 0.1) is 0 Å². The van der Waals surface area contributed by atoms with Gasteiger partial charge in [-0.25, -0.2) is 4.79 Å². The van der Waals surface area contributed by atoms with Gasteiger partial charge >= 0.3 is 5.97 Å². The van der Waals surface area contributed by atoms with Crippen LogP contribution in [-0.2, 0) is 9.53 Å². The average Bonchev–Trinajstić information content (AvgIpc) is 2.37. The van der Waals surface area contributed by atoms with Crippen molar-refractivity contribution in [2.45, 2.75) is 13.0 Å². The van der Waals surface area contributed by atoms with E-state index in [0.29, 0.717) is 11.1 Å². The molecule has 0 heterocycles. The number of nitrogens with two attached hydrogens (primary N) is 1. The molecule has 6 nitrogen and oxygen atoms in total. The lowest BCUT2D eigenvalue weighted by Gasteiger charge is -2.10. The molecule has 1 aromatic carbocycles. The van der Waals surface area contributed by atoms with E-state index >= 15 is 0 Å². The van der Waals surface area contributed by atoms with Gasteiger partial charge in [0.25, 0.3) is 0 Å². The maximum Gasteiger partial charge on any atom is 0.339 e. The number of rotatable bonds is 4. The number of hydrogen-bond donors (Lipinski definition) is 3. The van der Waals surface area contributed by atoms with Crippen LogP contribution in [0.4, 0.5) is 0 Å². The second-order valence-electron chi connectivity index (χ2n) is 3.26. The normalized spacial score (nSPS) is 13.2. The van der Waals surface area contributed by atoms with E-state index < -0.39 is 12.1 Å². The van der Waals surface area contributed by atoms with Crippen LogP contribution >= 0.6 is 0 Å². The number of carbonyl (C=O) groups is 1. The van der Waals surface area contributed by atoms with Gasteiger partial charge in [0, 0.05) is 5.56 Å². The van der Waals surface area contributed by atoms with Gasteiger partial charge in [0.1, 0.15) is 0 Å². The predicted octanol–water partition coefficient (Wildman–Crippen LogP) is 0.378.